The molecule has 0 spiro atoms. The van der Waals surface area contributed by atoms with Crippen molar-refractivity contribution in [2.45, 2.75) is 46.1 Å². The lowest BCUT2D eigenvalue weighted by molar-refractivity contribution is -0.137. The summed E-state index contributed by atoms with van der Waals surface area (Å²) in [5.74, 6) is -1.57. The van der Waals surface area contributed by atoms with Crippen LogP contribution in [0.4, 0.5) is 0 Å². The van der Waals surface area contributed by atoms with Crippen molar-refractivity contribution in [3.63, 3.8) is 0 Å². The average Bonchev–Trinajstić information content (AvgIpc) is 2.45. The van der Waals surface area contributed by atoms with E-state index in [4.69, 9.17) is 5.11 Å². The van der Waals surface area contributed by atoms with E-state index in [0.717, 1.165) is 11.1 Å². The van der Waals surface area contributed by atoms with Gasteiger partial charge in [0.2, 0.25) is 5.91 Å². The van der Waals surface area contributed by atoms with Crippen LogP contribution in [0.1, 0.15) is 48.2 Å². The Labute approximate surface area is 136 Å². The number of carboxylic acid groups (broad SMARTS) is 1. The van der Waals surface area contributed by atoms with Crippen molar-refractivity contribution < 1.29 is 19.5 Å². The number of aryl methyl sites for hydroxylation is 2. The largest absolute Gasteiger partial charge is 0.481 e. The van der Waals surface area contributed by atoms with Gasteiger partial charge in [-0.1, -0.05) is 6.07 Å². The first kappa shape index (κ1) is 18.7. The van der Waals surface area contributed by atoms with Crippen LogP contribution in [0.15, 0.2) is 18.2 Å². The third kappa shape index (κ3) is 6.50. The fraction of sp³-hybridized carbons (Fsp3) is 0.471. The van der Waals surface area contributed by atoms with Gasteiger partial charge in [0.25, 0.3) is 5.91 Å². The van der Waals surface area contributed by atoms with Crippen molar-refractivity contribution in [3.8, 4) is 0 Å². The number of hydrogen-bond acceptors (Lipinski definition) is 3. The highest BCUT2D eigenvalue weighted by molar-refractivity contribution is 5.96. The van der Waals surface area contributed by atoms with Crippen LogP contribution in [0.25, 0.3) is 0 Å². The zero-order valence-corrected chi connectivity index (χ0v) is 14.0. The molecule has 0 aliphatic heterocycles. The second-order valence-corrected chi connectivity index (χ2v) is 6.31. The minimum absolute atomic E-state index is 0.0255. The van der Waals surface area contributed by atoms with E-state index in [-0.39, 0.29) is 24.8 Å². The Morgan fingerprint density at radius 1 is 1.13 bits per heavy atom. The molecule has 0 bridgehead atoms. The molecular weight excluding hydrogens is 296 g/mol. The van der Waals surface area contributed by atoms with Crippen molar-refractivity contribution in [2.24, 2.45) is 0 Å². The van der Waals surface area contributed by atoms with Crippen LogP contribution in [0, 0.1) is 13.8 Å². The van der Waals surface area contributed by atoms with Gasteiger partial charge in [0.15, 0.2) is 0 Å². The van der Waals surface area contributed by atoms with Gasteiger partial charge in [-0.2, -0.15) is 0 Å². The highest BCUT2D eigenvalue weighted by Crippen LogP contribution is 2.11. The molecule has 6 heteroatoms. The summed E-state index contributed by atoms with van der Waals surface area (Å²) in [5, 5.41) is 14.0. The molecule has 23 heavy (non-hydrogen) atoms. The first-order valence-corrected chi connectivity index (χ1v) is 7.49. The van der Waals surface area contributed by atoms with E-state index in [1.54, 1.807) is 26.0 Å². The van der Waals surface area contributed by atoms with E-state index in [1.807, 2.05) is 19.9 Å². The van der Waals surface area contributed by atoms with Crippen LogP contribution in [0.2, 0.25) is 0 Å². The molecule has 1 aromatic carbocycles. The van der Waals surface area contributed by atoms with Gasteiger partial charge in [0.1, 0.15) is 0 Å². The fourth-order valence-corrected chi connectivity index (χ4v) is 2.05. The molecule has 0 unspecified atom stereocenters. The Balaban J connectivity index is 2.50. The van der Waals surface area contributed by atoms with Gasteiger partial charge in [0, 0.05) is 17.5 Å². The number of carbonyl (C=O) groups is 3. The lowest BCUT2D eigenvalue weighted by Gasteiger charge is -2.25. The second kappa shape index (κ2) is 7.76. The molecule has 3 N–H and O–H groups in total. The van der Waals surface area contributed by atoms with E-state index in [2.05, 4.69) is 10.6 Å². The summed E-state index contributed by atoms with van der Waals surface area (Å²) in [6.07, 6.45) is 0.293. The van der Waals surface area contributed by atoms with Crippen molar-refractivity contribution in [3.05, 3.63) is 34.9 Å². The molecule has 0 aliphatic rings. The van der Waals surface area contributed by atoms with Crippen LogP contribution >= 0.6 is 0 Å². The molecule has 2 amide bonds. The zero-order valence-electron chi connectivity index (χ0n) is 14.0. The summed E-state index contributed by atoms with van der Waals surface area (Å²) in [6.45, 7) is 7.23. The first-order chi connectivity index (χ1) is 10.6. The van der Waals surface area contributed by atoms with Crippen molar-refractivity contribution >= 4 is 17.8 Å². The molecule has 126 valence electrons. The van der Waals surface area contributed by atoms with Crippen LogP contribution < -0.4 is 10.6 Å². The third-order valence-corrected chi connectivity index (χ3v) is 3.62. The van der Waals surface area contributed by atoms with E-state index in [9.17, 15) is 14.4 Å². The molecule has 0 atom stereocenters. The van der Waals surface area contributed by atoms with Crippen LogP contribution in [-0.2, 0) is 9.59 Å². The summed E-state index contributed by atoms with van der Waals surface area (Å²) >= 11 is 0. The summed E-state index contributed by atoms with van der Waals surface area (Å²) in [6, 6.07) is 5.35. The van der Waals surface area contributed by atoms with Gasteiger partial charge in [-0.05, 0) is 57.4 Å². The van der Waals surface area contributed by atoms with E-state index in [1.165, 1.54) is 0 Å². The van der Waals surface area contributed by atoms with Crippen LogP contribution in [0.5, 0.6) is 0 Å². The summed E-state index contributed by atoms with van der Waals surface area (Å²) in [7, 11) is 0. The molecule has 0 aromatic heterocycles. The van der Waals surface area contributed by atoms with Gasteiger partial charge >= 0.3 is 5.97 Å². The average molecular weight is 320 g/mol. The predicted octanol–water partition coefficient (Wildman–Crippen LogP) is 1.79. The number of nitrogens with one attached hydrogen (secondary N) is 2. The molecule has 0 aliphatic carbocycles. The third-order valence-electron chi connectivity index (χ3n) is 3.62. The Kier molecular flexibility index (Phi) is 6.30. The zero-order chi connectivity index (χ0) is 17.6. The summed E-state index contributed by atoms with van der Waals surface area (Å²) in [5.41, 5.74) is 1.98. The number of hydrogen-bond donors (Lipinski definition) is 3. The topological polar surface area (TPSA) is 95.5 Å². The standard InChI is InChI=1S/C17H24N2O4/c1-11-5-6-13(9-12(11)2)16(23)18-10-14(20)19-17(3,4)8-7-15(21)22/h5-6,9H,7-8,10H2,1-4H3,(H,18,23)(H,19,20)(H,21,22). The first-order valence-electron chi connectivity index (χ1n) is 7.49. The minimum Gasteiger partial charge on any atom is -0.481 e. The lowest BCUT2D eigenvalue weighted by atomic mass is 9.98. The molecule has 0 saturated heterocycles. The van der Waals surface area contributed by atoms with Crippen LogP contribution in [-0.4, -0.2) is 35.0 Å². The smallest absolute Gasteiger partial charge is 0.303 e. The predicted molar refractivity (Wildman–Crippen MR) is 87.3 cm³/mol. The molecule has 0 heterocycles. The number of amides is 2. The SMILES string of the molecule is Cc1ccc(C(=O)NCC(=O)NC(C)(C)CCC(=O)O)cc1C. The number of carbonyl (C=O) groups excluding carboxylic acids is 2. The van der Waals surface area contributed by atoms with Crippen molar-refractivity contribution in [1.82, 2.24) is 10.6 Å². The fourth-order valence-electron chi connectivity index (χ4n) is 2.05. The molecule has 6 nitrogen and oxygen atoms in total. The number of aliphatic carboxylic acids is 1. The minimum atomic E-state index is -0.907. The van der Waals surface area contributed by atoms with E-state index < -0.39 is 11.5 Å². The maximum atomic E-state index is 12.0. The van der Waals surface area contributed by atoms with Gasteiger partial charge < -0.3 is 15.7 Å². The molecule has 0 fully saturated rings. The van der Waals surface area contributed by atoms with E-state index >= 15 is 0 Å². The monoisotopic (exact) mass is 320 g/mol. The Hall–Kier alpha value is -2.37. The van der Waals surface area contributed by atoms with Gasteiger partial charge in [-0.25, -0.2) is 0 Å². The highest BCUT2D eigenvalue weighted by atomic mass is 16.4. The second-order valence-electron chi connectivity index (χ2n) is 6.31. The van der Waals surface area contributed by atoms with Gasteiger partial charge in [0.05, 0.1) is 6.54 Å². The van der Waals surface area contributed by atoms with Gasteiger partial charge in [-0.3, -0.25) is 14.4 Å². The van der Waals surface area contributed by atoms with Crippen LogP contribution in [0.3, 0.4) is 0 Å². The quantitative estimate of drug-likeness (QED) is 0.714. The Morgan fingerprint density at radius 3 is 2.35 bits per heavy atom. The lowest BCUT2D eigenvalue weighted by Crippen LogP contribution is -2.47. The Morgan fingerprint density at radius 2 is 1.78 bits per heavy atom. The Bertz CT molecular complexity index is 609. The number of rotatable bonds is 7. The maximum Gasteiger partial charge on any atom is 0.303 e. The number of carboxylic acids is 1. The van der Waals surface area contributed by atoms with E-state index in [0.29, 0.717) is 12.0 Å². The molecular formula is C17H24N2O4. The highest BCUT2D eigenvalue weighted by Gasteiger charge is 2.21. The van der Waals surface area contributed by atoms with Crippen molar-refractivity contribution in [1.29, 1.82) is 0 Å². The van der Waals surface area contributed by atoms with Crippen molar-refractivity contribution in [2.75, 3.05) is 6.54 Å². The number of benzene rings is 1. The maximum absolute atomic E-state index is 12.0. The van der Waals surface area contributed by atoms with Gasteiger partial charge in [-0.15, -0.1) is 0 Å². The summed E-state index contributed by atoms with van der Waals surface area (Å²) in [4.78, 5) is 34.5. The summed E-state index contributed by atoms with van der Waals surface area (Å²) < 4.78 is 0. The molecule has 1 rings (SSSR count). The molecule has 0 saturated carbocycles. The molecule has 1 aromatic rings. The normalized spacial score (nSPS) is 11.0. The molecule has 0 radical (unpaired) electrons.